The highest BCUT2D eigenvalue weighted by Gasteiger charge is 2.34. The Bertz CT molecular complexity index is 477. The number of aromatic nitrogens is 1. The van der Waals surface area contributed by atoms with Crippen LogP contribution < -0.4 is 4.74 Å². The summed E-state index contributed by atoms with van der Waals surface area (Å²) in [7, 11) is 1.57. The Kier molecular flexibility index (Phi) is 4.83. The van der Waals surface area contributed by atoms with Gasteiger partial charge >= 0.3 is 0 Å². The number of piperidine rings is 1. The fourth-order valence-corrected chi connectivity index (χ4v) is 2.34. The van der Waals surface area contributed by atoms with E-state index < -0.39 is 5.60 Å². The molecular weight excluding hydrogens is 268 g/mol. The van der Waals surface area contributed by atoms with Gasteiger partial charge in [0.05, 0.1) is 0 Å². The maximum Gasteiger partial charge on any atom is 0.254 e. The normalized spacial score (nSPS) is 16.9. The van der Waals surface area contributed by atoms with E-state index in [1.165, 1.54) is 0 Å². The van der Waals surface area contributed by atoms with E-state index in [2.05, 4.69) is 4.98 Å². The molecule has 5 nitrogen and oxygen atoms in total. The zero-order chi connectivity index (χ0) is 15.5. The molecule has 0 unspecified atom stereocenters. The topological polar surface area (TPSA) is 51.7 Å². The van der Waals surface area contributed by atoms with Gasteiger partial charge in [0, 0.05) is 45.3 Å². The molecule has 1 aliphatic rings. The molecule has 116 valence electrons. The first-order valence-corrected chi connectivity index (χ1v) is 7.36. The summed E-state index contributed by atoms with van der Waals surface area (Å²) >= 11 is 0. The number of amides is 1. The minimum absolute atomic E-state index is 0.0388. The predicted molar refractivity (Wildman–Crippen MR) is 80.3 cm³/mol. The van der Waals surface area contributed by atoms with Crippen LogP contribution in [0.2, 0.25) is 0 Å². The first-order valence-electron chi connectivity index (χ1n) is 7.36. The van der Waals surface area contributed by atoms with Crippen molar-refractivity contribution in [2.24, 2.45) is 0 Å². The van der Waals surface area contributed by atoms with Gasteiger partial charge in [0.15, 0.2) is 0 Å². The van der Waals surface area contributed by atoms with Gasteiger partial charge in [-0.05, 0) is 26.3 Å². The Morgan fingerprint density at radius 1 is 1.33 bits per heavy atom. The second kappa shape index (κ2) is 6.43. The van der Waals surface area contributed by atoms with E-state index in [1.54, 1.807) is 27.2 Å². The van der Waals surface area contributed by atoms with Gasteiger partial charge in [-0.15, -0.1) is 0 Å². The molecule has 21 heavy (non-hydrogen) atoms. The fraction of sp³-hybridized carbons (Fsp3) is 0.625. The van der Waals surface area contributed by atoms with Crippen molar-refractivity contribution in [3.05, 3.63) is 23.9 Å². The first-order chi connectivity index (χ1) is 9.92. The summed E-state index contributed by atoms with van der Waals surface area (Å²) in [5, 5.41) is 0. The molecule has 2 rings (SSSR count). The molecule has 1 saturated heterocycles. The number of aryl methyl sites for hydroxylation is 1. The quantitative estimate of drug-likeness (QED) is 0.853. The summed E-state index contributed by atoms with van der Waals surface area (Å²) in [5.41, 5.74) is 0.358. The fourth-order valence-electron chi connectivity index (χ4n) is 2.34. The SMILES string of the molecule is COC(C)(C)C(=O)N1CCC(Oc2ccc(C)cn2)CC1. The average molecular weight is 292 g/mol. The molecule has 1 aliphatic heterocycles. The van der Waals surface area contributed by atoms with E-state index in [0.29, 0.717) is 19.0 Å². The largest absolute Gasteiger partial charge is 0.474 e. The highest BCUT2D eigenvalue weighted by molar-refractivity contribution is 5.84. The van der Waals surface area contributed by atoms with Crippen molar-refractivity contribution >= 4 is 5.91 Å². The van der Waals surface area contributed by atoms with Crippen molar-refractivity contribution in [3.8, 4) is 5.88 Å². The van der Waals surface area contributed by atoms with Crippen molar-refractivity contribution in [2.75, 3.05) is 20.2 Å². The van der Waals surface area contributed by atoms with Gasteiger partial charge in [-0.25, -0.2) is 4.98 Å². The van der Waals surface area contributed by atoms with Crippen molar-refractivity contribution in [2.45, 2.75) is 45.3 Å². The maximum atomic E-state index is 12.3. The third-order valence-corrected chi connectivity index (χ3v) is 3.93. The number of carbonyl (C=O) groups excluding carboxylic acids is 1. The smallest absolute Gasteiger partial charge is 0.254 e. The molecule has 5 heteroatoms. The Morgan fingerprint density at radius 2 is 2.00 bits per heavy atom. The minimum atomic E-state index is -0.758. The highest BCUT2D eigenvalue weighted by Crippen LogP contribution is 2.20. The molecule has 0 bridgehead atoms. The standard InChI is InChI=1S/C16H24N2O3/c1-12-5-6-14(17-11-12)21-13-7-9-18(10-8-13)15(19)16(2,3)20-4/h5-6,11,13H,7-10H2,1-4H3. The average Bonchev–Trinajstić information content (AvgIpc) is 2.49. The molecule has 0 atom stereocenters. The van der Waals surface area contributed by atoms with Crippen LogP contribution in [-0.2, 0) is 9.53 Å². The summed E-state index contributed by atoms with van der Waals surface area (Å²) in [5.74, 6) is 0.694. The number of hydrogen-bond donors (Lipinski definition) is 0. The number of nitrogens with zero attached hydrogens (tertiary/aromatic N) is 2. The molecule has 1 amide bonds. The molecule has 0 aromatic carbocycles. The molecule has 0 N–H and O–H groups in total. The summed E-state index contributed by atoms with van der Waals surface area (Å²) < 4.78 is 11.1. The van der Waals surface area contributed by atoms with Gasteiger partial charge in [-0.2, -0.15) is 0 Å². The molecule has 2 heterocycles. The van der Waals surface area contributed by atoms with Crippen LogP contribution in [0.5, 0.6) is 5.88 Å². The zero-order valence-corrected chi connectivity index (χ0v) is 13.3. The van der Waals surface area contributed by atoms with Gasteiger partial charge in [-0.1, -0.05) is 6.07 Å². The molecule has 0 radical (unpaired) electrons. The van der Waals surface area contributed by atoms with Crippen LogP contribution in [0.1, 0.15) is 32.3 Å². The maximum absolute atomic E-state index is 12.3. The number of hydrogen-bond acceptors (Lipinski definition) is 4. The summed E-state index contributed by atoms with van der Waals surface area (Å²) in [6, 6.07) is 3.88. The Balaban J connectivity index is 1.86. The van der Waals surface area contributed by atoms with E-state index >= 15 is 0 Å². The van der Waals surface area contributed by atoms with Gasteiger partial charge < -0.3 is 14.4 Å². The highest BCUT2D eigenvalue weighted by atomic mass is 16.5. The monoisotopic (exact) mass is 292 g/mol. The Morgan fingerprint density at radius 3 is 2.52 bits per heavy atom. The lowest BCUT2D eigenvalue weighted by Gasteiger charge is -2.36. The number of likely N-dealkylation sites (tertiary alicyclic amines) is 1. The van der Waals surface area contributed by atoms with E-state index in [1.807, 2.05) is 24.0 Å². The van der Waals surface area contributed by atoms with Crippen LogP contribution in [0.15, 0.2) is 18.3 Å². The second-order valence-corrected chi connectivity index (χ2v) is 6.00. The third-order valence-electron chi connectivity index (χ3n) is 3.93. The van der Waals surface area contributed by atoms with E-state index in [4.69, 9.17) is 9.47 Å². The Labute approximate surface area is 126 Å². The van der Waals surface area contributed by atoms with Crippen LogP contribution in [-0.4, -0.2) is 47.7 Å². The minimum Gasteiger partial charge on any atom is -0.474 e. The molecule has 0 saturated carbocycles. The third kappa shape index (κ3) is 3.94. The van der Waals surface area contributed by atoms with Crippen LogP contribution in [0.25, 0.3) is 0 Å². The number of rotatable bonds is 4. The van der Waals surface area contributed by atoms with Gasteiger partial charge in [0.2, 0.25) is 5.88 Å². The van der Waals surface area contributed by atoms with Crippen molar-refractivity contribution in [1.29, 1.82) is 0 Å². The van der Waals surface area contributed by atoms with E-state index in [0.717, 1.165) is 18.4 Å². The second-order valence-electron chi connectivity index (χ2n) is 6.00. The van der Waals surface area contributed by atoms with Gasteiger partial charge in [0.1, 0.15) is 11.7 Å². The molecule has 0 spiro atoms. The number of methoxy groups -OCH3 is 1. The van der Waals surface area contributed by atoms with Crippen LogP contribution in [0.4, 0.5) is 0 Å². The molecule has 1 aromatic heterocycles. The zero-order valence-electron chi connectivity index (χ0n) is 13.3. The first kappa shape index (κ1) is 15.8. The predicted octanol–water partition coefficient (Wildman–Crippen LogP) is 2.18. The van der Waals surface area contributed by atoms with Gasteiger partial charge in [0.25, 0.3) is 5.91 Å². The van der Waals surface area contributed by atoms with Gasteiger partial charge in [-0.3, -0.25) is 4.79 Å². The lowest BCUT2D eigenvalue weighted by atomic mass is 10.0. The number of carbonyl (C=O) groups is 1. The lowest BCUT2D eigenvalue weighted by Crippen LogP contribution is -2.50. The van der Waals surface area contributed by atoms with Crippen molar-refractivity contribution in [3.63, 3.8) is 0 Å². The summed E-state index contributed by atoms with van der Waals surface area (Å²) in [4.78, 5) is 18.4. The number of ether oxygens (including phenoxy) is 2. The molecule has 0 aliphatic carbocycles. The molecule has 1 fully saturated rings. The van der Waals surface area contributed by atoms with Crippen LogP contribution >= 0.6 is 0 Å². The summed E-state index contributed by atoms with van der Waals surface area (Å²) in [6.45, 7) is 6.99. The summed E-state index contributed by atoms with van der Waals surface area (Å²) in [6.07, 6.45) is 3.56. The van der Waals surface area contributed by atoms with E-state index in [-0.39, 0.29) is 12.0 Å². The number of pyridine rings is 1. The van der Waals surface area contributed by atoms with Crippen molar-refractivity contribution < 1.29 is 14.3 Å². The Hall–Kier alpha value is -1.62. The lowest BCUT2D eigenvalue weighted by molar-refractivity contribution is -0.152. The van der Waals surface area contributed by atoms with Crippen LogP contribution in [0, 0.1) is 6.92 Å². The van der Waals surface area contributed by atoms with Crippen molar-refractivity contribution in [1.82, 2.24) is 9.88 Å². The molecular formula is C16H24N2O3. The molecule has 1 aromatic rings. The van der Waals surface area contributed by atoms with E-state index in [9.17, 15) is 4.79 Å². The van der Waals surface area contributed by atoms with Crippen LogP contribution in [0.3, 0.4) is 0 Å².